The number of hydrogen-bond acceptors (Lipinski definition) is 0. The Morgan fingerprint density at radius 3 is 0.889 bits per heavy atom. The van der Waals surface area contributed by atoms with E-state index in [1.54, 1.807) is 0 Å². The molecule has 0 saturated heterocycles. The molecule has 0 rings (SSSR count). The third-order valence-corrected chi connectivity index (χ3v) is 9.31. The van der Waals surface area contributed by atoms with Gasteiger partial charge in [-0.1, -0.05) is 0 Å². The summed E-state index contributed by atoms with van der Waals surface area (Å²) in [6, 6.07) is 0. The van der Waals surface area contributed by atoms with Crippen molar-refractivity contribution in [2.75, 3.05) is 0 Å². The fraction of sp³-hybridized carbons (Fsp3) is 1.00. The monoisotopic (exact) mass is 316 g/mol. The summed E-state index contributed by atoms with van der Waals surface area (Å²) in [5.41, 5.74) is 0. The normalized spacial score (nSPS) is 13.1. The first-order chi connectivity index (χ1) is 3.71. The summed E-state index contributed by atoms with van der Waals surface area (Å²) >= 11 is -0.634. The second kappa shape index (κ2) is 2.90. The first-order valence-electron chi connectivity index (χ1n) is 3.71. The van der Waals surface area contributed by atoms with E-state index in [1.807, 2.05) is 0 Å². The third-order valence-electron chi connectivity index (χ3n) is 1.06. The molecular weight excluding hydrogens is 297 g/mol. The molecule has 0 aliphatic heterocycles. The summed E-state index contributed by atoms with van der Waals surface area (Å²) in [7, 11) is 0. The van der Waals surface area contributed by atoms with Crippen LogP contribution in [0.25, 0.3) is 0 Å². The zero-order valence-corrected chi connectivity index (χ0v) is 13.2. The van der Waals surface area contributed by atoms with Crippen molar-refractivity contribution in [2.45, 2.75) is 47.4 Å². The molecule has 0 fully saturated rings. The summed E-state index contributed by atoms with van der Waals surface area (Å²) in [6.07, 6.45) is 0. The van der Waals surface area contributed by atoms with Gasteiger partial charge in [0.1, 0.15) is 0 Å². The Balaban J connectivity index is 3.75. The van der Waals surface area contributed by atoms with Crippen LogP contribution in [0.3, 0.4) is 0 Å². The van der Waals surface area contributed by atoms with E-state index in [2.05, 4.69) is 41.5 Å². The standard InChI is InChI=1S/2C4H9.Hg/c2*1-4(2)3;/h2*1-3H3;. The van der Waals surface area contributed by atoms with Crippen LogP contribution in [0.1, 0.15) is 41.5 Å². The van der Waals surface area contributed by atoms with Gasteiger partial charge in [-0.15, -0.1) is 0 Å². The summed E-state index contributed by atoms with van der Waals surface area (Å²) < 4.78 is 1.41. The maximum absolute atomic E-state index is 2.39. The van der Waals surface area contributed by atoms with Crippen molar-refractivity contribution in [3.05, 3.63) is 0 Å². The van der Waals surface area contributed by atoms with E-state index < -0.39 is 24.6 Å². The van der Waals surface area contributed by atoms with E-state index in [0.29, 0.717) is 5.85 Å². The van der Waals surface area contributed by atoms with Crippen molar-refractivity contribution >= 4 is 0 Å². The SMILES string of the molecule is C[C](C)(C)[Hg][C](C)(C)C. The quantitative estimate of drug-likeness (QED) is 0.600. The van der Waals surface area contributed by atoms with Crippen LogP contribution >= 0.6 is 0 Å². The van der Waals surface area contributed by atoms with E-state index in [9.17, 15) is 0 Å². The molecule has 0 radical (unpaired) electrons. The van der Waals surface area contributed by atoms with Crippen molar-refractivity contribution in [3.8, 4) is 0 Å². The molecule has 0 nitrogen and oxygen atoms in total. The molecule has 9 heavy (non-hydrogen) atoms. The second-order valence-electron chi connectivity index (χ2n) is 5.30. The average molecular weight is 315 g/mol. The molecule has 0 amide bonds. The molecule has 0 aromatic rings. The summed E-state index contributed by atoms with van der Waals surface area (Å²) in [6.45, 7) is 14.3. The minimum absolute atomic E-state index is 0.634. The molecule has 0 saturated carbocycles. The Hall–Kier alpha value is 0.935. The Morgan fingerprint density at radius 1 is 0.667 bits per heavy atom. The molecule has 0 aliphatic rings. The van der Waals surface area contributed by atoms with Gasteiger partial charge in [0.25, 0.3) is 0 Å². The van der Waals surface area contributed by atoms with E-state index >= 15 is 0 Å². The molecule has 0 aromatic heterocycles. The van der Waals surface area contributed by atoms with Gasteiger partial charge in [-0.3, -0.25) is 0 Å². The van der Waals surface area contributed by atoms with Crippen molar-refractivity contribution in [1.82, 2.24) is 0 Å². The van der Waals surface area contributed by atoms with Gasteiger partial charge in [-0.2, -0.15) is 0 Å². The Kier molecular flexibility index (Phi) is 3.20. The van der Waals surface area contributed by atoms with Crippen molar-refractivity contribution in [2.24, 2.45) is 0 Å². The van der Waals surface area contributed by atoms with Gasteiger partial charge in [-0.25, -0.2) is 0 Å². The Labute approximate surface area is 71.8 Å². The summed E-state index contributed by atoms with van der Waals surface area (Å²) in [5, 5.41) is 0. The van der Waals surface area contributed by atoms with Crippen LogP contribution in [-0.2, 0) is 24.6 Å². The predicted molar refractivity (Wildman–Crippen MR) is 39.4 cm³/mol. The van der Waals surface area contributed by atoms with Crippen LogP contribution in [0.4, 0.5) is 0 Å². The van der Waals surface area contributed by atoms with Gasteiger partial charge in [0.15, 0.2) is 0 Å². The van der Waals surface area contributed by atoms with Gasteiger partial charge in [-0.05, 0) is 0 Å². The van der Waals surface area contributed by atoms with Crippen molar-refractivity contribution < 1.29 is 24.6 Å². The van der Waals surface area contributed by atoms with Crippen LogP contribution in [0.5, 0.6) is 0 Å². The third kappa shape index (κ3) is 8.94. The van der Waals surface area contributed by atoms with Crippen molar-refractivity contribution in [1.29, 1.82) is 0 Å². The van der Waals surface area contributed by atoms with Gasteiger partial charge in [0.2, 0.25) is 0 Å². The summed E-state index contributed by atoms with van der Waals surface area (Å²) in [4.78, 5) is 0. The van der Waals surface area contributed by atoms with Crippen LogP contribution in [0.15, 0.2) is 0 Å². The first kappa shape index (κ1) is 9.94. The fourth-order valence-corrected chi connectivity index (χ4v) is 14.0. The molecule has 0 unspecified atom stereocenters. The molecule has 1 heteroatoms. The minimum atomic E-state index is -0.634. The number of rotatable bonds is 0. The van der Waals surface area contributed by atoms with Crippen LogP contribution in [0.2, 0.25) is 5.85 Å². The van der Waals surface area contributed by atoms with Crippen LogP contribution < -0.4 is 0 Å². The van der Waals surface area contributed by atoms with E-state index in [1.165, 1.54) is 0 Å². The first-order valence-corrected chi connectivity index (χ1v) is 9.20. The zero-order chi connectivity index (χ0) is 7.71. The summed E-state index contributed by atoms with van der Waals surface area (Å²) in [5.74, 6) is 0. The van der Waals surface area contributed by atoms with E-state index in [0.717, 1.165) is 0 Å². The van der Waals surface area contributed by atoms with Crippen LogP contribution in [0, 0.1) is 0 Å². The molecule has 0 N–H and O–H groups in total. The Bertz CT molecular complexity index is 69.7. The van der Waals surface area contributed by atoms with Crippen molar-refractivity contribution in [3.63, 3.8) is 0 Å². The second-order valence-corrected chi connectivity index (χ2v) is 23.2. The molecule has 0 heterocycles. The number of hydrogen-bond donors (Lipinski definition) is 0. The average Bonchev–Trinajstić information content (AvgIpc) is 1.14. The fourth-order valence-electron chi connectivity index (χ4n) is 1.59. The Morgan fingerprint density at radius 2 is 0.889 bits per heavy atom. The van der Waals surface area contributed by atoms with Gasteiger partial charge in [0, 0.05) is 0 Å². The predicted octanol–water partition coefficient (Wildman–Crippen LogP) is 3.51. The van der Waals surface area contributed by atoms with Crippen LogP contribution in [-0.4, -0.2) is 0 Å². The zero-order valence-electron chi connectivity index (χ0n) is 7.71. The molecule has 0 aromatic carbocycles. The van der Waals surface area contributed by atoms with Gasteiger partial charge < -0.3 is 0 Å². The van der Waals surface area contributed by atoms with Gasteiger partial charge in [0.05, 0.1) is 0 Å². The molecule has 0 bridgehead atoms. The van der Waals surface area contributed by atoms with Gasteiger partial charge >= 0.3 is 72.0 Å². The molecular formula is C8H18Hg. The van der Waals surface area contributed by atoms with E-state index in [4.69, 9.17) is 0 Å². The molecule has 0 atom stereocenters. The molecule has 52 valence electrons. The molecule has 0 aliphatic carbocycles. The molecule has 0 spiro atoms. The maximum atomic E-state index is 2.39. The van der Waals surface area contributed by atoms with E-state index in [-0.39, 0.29) is 0 Å². The topological polar surface area (TPSA) is 0 Å².